The Hall–Kier alpha value is -2.74. The predicted molar refractivity (Wildman–Crippen MR) is 117 cm³/mol. The van der Waals surface area contributed by atoms with Gasteiger partial charge in [0.05, 0.1) is 25.2 Å². The molecular weight excluding hydrogens is 406 g/mol. The number of imide groups is 1. The number of amides is 2. The second kappa shape index (κ2) is 10.9. The predicted octanol–water partition coefficient (Wildman–Crippen LogP) is 4.06. The topological polar surface area (TPSA) is 82.1 Å². The van der Waals surface area contributed by atoms with E-state index in [0.29, 0.717) is 30.1 Å². The summed E-state index contributed by atoms with van der Waals surface area (Å²) >= 11 is 0.790. The van der Waals surface area contributed by atoms with E-state index in [4.69, 9.17) is 14.2 Å². The SMILES string of the molecule is C=CCc1cc(/C=C2/SC(=O)N(CC(=O)OCC(C)C)C2=O)cc(OCC)c1OC. The molecule has 30 heavy (non-hydrogen) atoms. The largest absolute Gasteiger partial charge is 0.493 e. The monoisotopic (exact) mass is 433 g/mol. The fourth-order valence-electron chi connectivity index (χ4n) is 2.79. The number of hydrogen-bond donors (Lipinski definition) is 0. The second-order valence-electron chi connectivity index (χ2n) is 6.98. The van der Waals surface area contributed by atoms with Crippen LogP contribution in [-0.4, -0.2) is 48.9 Å². The Kier molecular flexibility index (Phi) is 8.53. The number of benzene rings is 1. The van der Waals surface area contributed by atoms with Crippen LogP contribution in [0.15, 0.2) is 29.7 Å². The molecule has 0 atom stereocenters. The number of thioether (sulfide) groups is 1. The van der Waals surface area contributed by atoms with Gasteiger partial charge in [-0.05, 0) is 54.8 Å². The molecule has 0 saturated carbocycles. The van der Waals surface area contributed by atoms with Crippen molar-refractivity contribution >= 4 is 35.0 Å². The minimum atomic E-state index is -0.608. The number of allylic oxidation sites excluding steroid dienone is 1. The van der Waals surface area contributed by atoms with Crippen molar-refractivity contribution in [1.82, 2.24) is 4.90 Å². The van der Waals surface area contributed by atoms with Crippen molar-refractivity contribution in [2.45, 2.75) is 27.2 Å². The quantitative estimate of drug-likeness (QED) is 0.313. The van der Waals surface area contributed by atoms with Crippen LogP contribution in [-0.2, 0) is 20.7 Å². The minimum Gasteiger partial charge on any atom is -0.493 e. The number of nitrogens with zero attached hydrogens (tertiary/aromatic N) is 1. The van der Waals surface area contributed by atoms with Gasteiger partial charge >= 0.3 is 5.97 Å². The summed E-state index contributed by atoms with van der Waals surface area (Å²) in [5, 5.41) is -0.502. The third-order valence-corrected chi connectivity index (χ3v) is 4.97. The molecule has 2 amide bonds. The highest BCUT2D eigenvalue weighted by Gasteiger charge is 2.36. The number of methoxy groups -OCH3 is 1. The van der Waals surface area contributed by atoms with Crippen LogP contribution in [0.4, 0.5) is 4.79 Å². The second-order valence-corrected chi connectivity index (χ2v) is 7.98. The van der Waals surface area contributed by atoms with Crippen LogP contribution in [0.5, 0.6) is 11.5 Å². The van der Waals surface area contributed by atoms with Gasteiger partial charge in [0.2, 0.25) is 0 Å². The van der Waals surface area contributed by atoms with Crippen LogP contribution in [0.2, 0.25) is 0 Å². The van der Waals surface area contributed by atoms with E-state index in [1.54, 1.807) is 25.3 Å². The Labute approximate surface area is 181 Å². The van der Waals surface area contributed by atoms with Crippen molar-refractivity contribution in [3.05, 3.63) is 40.8 Å². The van der Waals surface area contributed by atoms with Gasteiger partial charge in [0.15, 0.2) is 11.5 Å². The molecule has 1 aromatic rings. The van der Waals surface area contributed by atoms with Crippen molar-refractivity contribution in [2.24, 2.45) is 5.92 Å². The zero-order valence-corrected chi connectivity index (χ0v) is 18.5. The number of rotatable bonds is 10. The summed E-state index contributed by atoms with van der Waals surface area (Å²) in [7, 11) is 1.56. The van der Waals surface area contributed by atoms with Gasteiger partial charge in [-0.3, -0.25) is 19.3 Å². The van der Waals surface area contributed by atoms with E-state index in [1.165, 1.54) is 0 Å². The first-order valence-corrected chi connectivity index (χ1v) is 10.5. The van der Waals surface area contributed by atoms with Gasteiger partial charge in [-0.1, -0.05) is 19.9 Å². The molecule has 0 unspecified atom stereocenters. The summed E-state index contributed by atoms with van der Waals surface area (Å²) in [6, 6.07) is 3.60. The summed E-state index contributed by atoms with van der Waals surface area (Å²) in [5.41, 5.74) is 1.53. The third kappa shape index (κ3) is 5.89. The molecule has 1 saturated heterocycles. The Bertz CT molecular complexity index is 861. The molecule has 1 aliphatic heterocycles. The maximum absolute atomic E-state index is 12.7. The number of ether oxygens (including phenoxy) is 3. The van der Waals surface area contributed by atoms with Crippen LogP contribution >= 0.6 is 11.8 Å². The van der Waals surface area contributed by atoms with E-state index >= 15 is 0 Å². The Morgan fingerprint density at radius 3 is 2.63 bits per heavy atom. The average molecular weight is 434 g/mol. The molecule has 1 aromatic carbocycles. The first-order chi connectivity index (χ1) is 14.3. The lowest BCUT2D eigenvalue weighted by atomic mass is 10.0. The molecule has 8 heteroatoms. The van der Waals surface area contributed by atoms with E-state index in [9.17, 15) is 14.4 Å². The van der Waals surface area contributed by atoms with Gasteiger partial charge < -0.3 is 14.2 Å². The van der Waals surface area contributed by atoms with Crippen molar-refractivity contribution in [3.8, 4) is 11.5 Å². The average Bonchev–Trinajstić information content (AvgIpc) is 2.94. The highest BCUT2D eigenvalue weighted by molar-refractivity contribution is 8.18. The van der Waals surface area contributed by atoms with Gasteiger partial charge in [-0.15, -0.1) is 6.58 Å². The van der Waals surface area contributed by atoms with Gasteiger partial charge in [-0.25, -0.2) is 0 Å². The molecule has 1 heterocycles. The zero-order chi connectivity index (χ0) is 22.3. The molecule has 162 valence electrons. The van der Waals surface area contributed by atoms with E-state index in [0.717, 1.165) is 22.2 Å². The fourth-order valence-corrected chi connectivity index (χ4v) is 3.63. The summed E-state index contributed by atoms with van der Waals surface area (Å²) < 4.78 is 16.2. The van der Waals surface area contributed by atoms with Crippen molar-refractivity contribution in [3.63, 3.8) is 0 Å². The third-order valence-electron chi connectivity index (χ3n) is 4.06. The van der Waals surface area contributed by atoms with E-state index in [-0.39, 0.29) is 17.4 Å². The highest BCUT2D eigenvalue weighted by Crippen LogP contribution is 2.37. The Morgan fingerprint density at radius 1 is 1.30 bits per heavy atom. The number of hydrogen-bond acceptors (Lipinski definition) is 7. The number of esters is 1. The molecule has 2 rings (SSSR count). The standard InChI is InChI=1S/C22H27NO6S/c1-6-8-16-9-15(10-17(28-7-2)20(16)27-5)11-18-21(25)23(22(26)30-18)12-19(24)29-13-14(3)4/h6,9-11,14H,1,7-8,12-13H2,2-5H3/b18-11+. The molecule has 0 aromatic heterocycles. The summed E-state index contributed by atoms with van der Waals surface area (Å²) in [5.74, 6) is 0.189. The molecule has 0 spiro atoms. The highest BCUT2D eigenvalue weighted by atomic mass is 32.2. The molecule has 1 aliphatic rings. The lowest BCUT2D eigenvalue weighted by Gasteiger charge is -2.14. The molecule has 0 radical (unpaired) electrons. The van der Waals surface area contributed by atoms with Crippen LogP contribution < -0.4 is 9.47 Å². The van der Waals surface area contributed by atoms with Gasteiger partial charge in [0, 0.05) is 5.56 Å². The van der Waals surface area contributed by atoms with Crippen LogP contribution in [0.1, 0.15) is 31.9 Å². The first kappa shape index (κ1) is 23.5. The number of carbonyl (C=O) groups is 3. The first-order valence-electron chi connectivity index (χ1n) is 9.66. The lowest BCUT2D eigenvalue weighted by Crippen LogP contribution is -2.34. The molecule has 0 bridgehead atoms. The fraction of sp³-hybridized carbons (Fsp3) is 0.409. The summed E-state index contributed by atoms with van der Waals surface area (Å²) in [6.07, 6.45) is 3.90. The van der Waals surface area contributed by atoms with Crippen LogP contribution in [0.3, 0.4) is 0 Å². The zero-order valence-electron chi connectivity index (χ0n) is 17.7. The molecule has 7 nitrogen and oxygen atoms in total. The summed E-state index contributed by atoms with van der Waals surface area (Å²) in [6.45, 7) is 9.72. The molecule has 0 aliphatic carbocycles. The molecular formula is C22H27NO6S. The Morgan fingerprint density at radius 2 is 2.03 bits per heavy atom. The van der Waals surface area contributed by atoms with E-state index in [2.05, 4.69) is 6.58 Å². The van der Waals surface area contributed by atoms with Crippen molar-refractivity contribution in [2.75, 3.05) is 26.9 Å². The normalized spacial score (nSPS) is 15.1. The smallest absolute Gasteiger partial charge is 0.326 e. The number of carbonyl (C=O) groups excluding carboxylic acids is 3. The minimum absolute atomic E-state index is 0.170. The summed E-state index contributed by atoms with van der Waals surface area (Å²) in [4.78, 5) is 38.0. The lowest BCUT2D eigenvalue weighted by molar-refractivity contribution is -0.147. The van der Waals surface area contributed by atoms with Crippen LogP contribution in [0, 0.1) is 5.92 Å². The van der Waals surface area contributed by atoms with E-state index in [1.807, 2.05) is 26.8 Å². The Balaban J connectivity index is 2.27. The molecule has 1 fully saturated rings. The van der Waals surface area contributed by atoms with Crippen molar-refractivity contribution in [1.29, 1.82) is 0 Å². The van der Waals surface area contributed by atoms with E-state index < -0.39 is 23.7 Å². The van der Waals surface area contributed by atoms with Gasteiger partial charge in [0.1, 0.15) is 6.54 Å². The van der Waals surface area contributed by atoms with Gasteiger partial charge in [-0.2, -0.15) is 0 Å². The molecule has 0 N–H and O–H groups in total. The maximum atomic E-state index is 12.7. The van der Waals surface area contributed by atoms with Crippen molar-refractivity contribution < 1.29 is 28.6 Å². The van der Waals surface area contributed by atoms with Gasteiger partial charge in [0.25, 0.3) is 11.1 Å². The maximum Gasteiger partial charge on any atom is 0.326 e. The van der Waals surface area contributed by atoms with Crippen LogP contribution in [0.25, 0.3) is 6.08 Å².